The Hall–Kier alpha value is -2.07. The van der Waals surface area contributed by atoms with Gasteiger partial charge in [-0.05, 0) is 6.92 Å². The summed E-state index contributed by atoms with van der Waals surface area (Å²) in [5.74, 6) is -0.611. The van der Waals surface area contributed by atoms with Gasteiger partial charge >= 0.3 is 5.97 Å². The Morgan fingerprint density at radius 1 is 1.50 bits per heavy atom. The Kier molecular flexibility index (Phi) is 21.9. The Balaban J connectivity index is -0.000000168. The molecule has 0 aliphatic carbocycles. The molecular weight excluding hydrogens is 192 g/mol. The summed E-state index contributed by atoms with van der Waals surface area (Å²) >= 11 is 0. The molecule has 0 heterocycles. The molecule has 0 aliphatic heterocycles. The van der Waals surface area contributed by atoms with Crippen LogP contribution < -0.4 is 0 Å². The molecule has 0 spiro atoms. The highest BCUT2D eigenvalue weighted by atomic mass is 16.6. The molecule has 0 aliphatic rings. The van der Waals surface area contributed by atoms with Crippen molar-refractivity contribution in [3.63, 3.8) is 0 Å². The fourth-order valence-corrected chi connectivity index (χ4v) is 0.216. The lowest BCUT2D eigenvalue weighted by atomic mass is 10.6. The second kappa shape index (κ2) is 17.1. The molecule has 0 aromatic heterocycles. The molecule has 7 nitrogen and oxygen atoms in total. The van der Waals surface area contributed by atoms with Gasteiger partial charge in [0.2, 0.25) is 12.2 Å². The molecule has 1 atom stereocenters. The number of rotatable bonds is 2. The maximum Gasteiger partial charge on any atom is 0.332 e. The van der Waals surface area contributed by atoms with Crippen LogP contribution in [0.5, 0.6) is 0 Å². The van der Waals surface area contributed by atoms with Crippen molar-refractivity contribution < 1.29 is 24.2 Å². The molecular formula is C7H10N2O5. The smallest absolute Gasteiger partial charge is 0.332 e. The predicted molar refractivity (Wildman–Crippen MR) is 44.8 cm³/mol. The summed E-state index contributed by atoms with van der Waals surface area (Å²) < 4.78 is 4.20. The lowest BCUT2D eigenvalue weighted by Crippen LogP contribution is -2.10. The minimum atomic E-state index is -1.04. The topological polar surface area (TPSA) is 128 Å². The van der Waals surface area contributed by atoms with Crippen LogP contribution in [0.2, 0.25) is 0 Å². The quantitative estimate of drug-likeness (QED) is 0.188. The van der Waals surface area contributed by atoms with Gasteiger partial charge in [0.05, 0.1) is 0 Å². The molecule has 0 rings (SSSR count). The molecule has 0 amide bonds. The first-order valence-electron chi connectivity index (χ1n) is 3.08. The van der Waals surface area contributed by atoms with Crippen molar-refractivity contribution in [2.45, 2.75) is 13.2 Å². The highest BCUT2D eigenvalue weighted by Gasteiger charge is 1.97. The van der Waals surface area contributed by atoms with Crippen LogP contribution in [0.15, 0.2) is 12.7 Å². The van der Waals surface area contributed by atoms with Gasteiger partial charge < -0.3 is 9.84 Å². The lowest BCUT2D eigenvalue weighted by molar-refractivity contribution is -0.158. The second-order valence-corrected chi connectivity index (χ2v) is 1.44. The summed E-state index contributed by atoms with van der Waals surface area (Å²) in [5.41, 5.74) is 0. The van der Waals surface area contributed by atoms with E-state index in [1.165, 1.54) is 6.92 Å². The van der Waals surface area contributed by atoms with Crippen molar-refractivity contribution in [3.05, 3.63) is 12.7 Å². The number of esters is 1. The first-order valence-corrected chi connectivity index (χ1v) is 3.08. The summed E-state index contributed by atoms with van der Waals surface area (Å²) in [5, 5.41) is 19.2. The van der Waals surface area contributed by atoms with E-state index in [4.69, 9.17) is 25.5 Å². The monoisotopic (exact) mass is 202 g/mol. The number of hydrogen-bond donors (Lipinski definition) is 3. The predicted octanol–water partition coefficient (Wildman–Crippen LogP) is -0.144. The number of ether oxygens (including phenoxy) is 1. The maximum atomic E-state index is 10.1. The summed E-state index contributed by atoms with van der Waals surface area (Å²) in [6.45, 7) is 4.48. The summed E-state index contributed by atoms with van der Waals surface area (Å²) in [6, 6.07) is 0. The lowest BCUT2D eigenvalue weighted by Gasteiger charge is -2.01. The van der Waals surface area contributed by atoms with Crippen molar-refractivity contribution in [3.8, 4) is 0 Å². The van der Waals surface area contributed by atoms with Crippen LogP contribution in [0.3, 0.4) is 0 Å². The van der Waals surface area contributed by atoms with E-state index in [0.717, 1.165) is 18.2 Å². The third-order valence-corrected chi connectivity index (χ3v) is 0.453. The molecule has 0 bridgehead atoms. The number of nitrogens with one attached hydrogen (secondary N) is 2. The zero-order valence-electron chi connectivity index (χ0n) is 7.44. The number of isocyanates is 2. The molecule has 0 fully saturated rings. The molecule has 1 unspecified atom stereocenters. The summed E-state index contributed by atoms with van der Waals surface area (Å²) in [7, 11) is 0. The zero-order valence-corrected chi connectivity index (χ0v) is 7.44. The third-order valence-electron chi connectivity index (χ3n) is 0.453. The highest BCUT2D eigenvalue weighted by molar-refractivity contribution is 5.81. The Labute approximate surface area is 80.0 Å². The van der Waals surface area contributed by atoms with E-state index in [1.807, 2.05) is 0 Å². The van der Waals surface area contributed by atoms with Gasteiger partial charge in [-0.1, -0.05) is 6.58 Å². The van der Waals surface area contributed by atoms with E-state index in [9.17, 15) is 4.79 Å². The molecule has 0 aromatic rings. The van der Waals surface area contributed by atoms with Crippen LogP contribution in [-0.2, 0) is 19.1 Å². The number of carbonyl (C=O) groups excluding carboxylic acids is 3. The maximum absolute atomic E-state index is 10.1. The first kappa shape index (κ1) is 17.9. The van der Waals surface area contributed by atoms with Crippen LogP contribution in [0.4, 0.5) is 0 Å². The Bertz CT molecular complexity index is 212. The Morgan fingerprint density at radius 2 is 1.79 bits per heavy atom. The first-order chi connectivity index (χ1) is 6.49. The number of carbonyl (C=O) groups is 1. The van der Waals surface area contributed by atoms with E-state index < -0.39 is 12.3 Å². The van der Waals surface area contributed by atoms with Crippen LogP contribution in [-0.4, -0.2) is 29.5 Å². The van der Waals surface area contributed by atoms with Gasteiger partial charge in [-0.15, -0.1) is 0 Å². The van der Waals surface area contributed by atoms with Crippen molar-refractivity contribution in [1.82, 2.24) is 0 Å². The molecule has 0 saturated heterocycles. The number of hydrogen-bond acceptors (Lipinski definition) is 7. The van der Waals surface area contributed by atoms with Gasteiger partial charge in [0.25, 0.3) is 0 Å². The average Bonchev–Trinajstić information content (AvgIpc) is 2.06. The third kappa shape index (κ3) is 51.3. The van der Waals surface area contributed by atoms with Gasteiger partial charge in [0, 0.05) is 6.08 Å². The molecule has 0 radical (unpaired) electrons. The summed E-state index contributed by atoms with van der Waals surface area (Å²) in [4.78, 5) is 26.8. The fourth-order valence-electron chi connectivity index (χ4n) is 0.216. The molecule has 7 heteroatoms. The van der Waals surface area contributed by atoms with Crippen molar-refractivity contribution in [2.24, 2.45) is 0 Å². The SMILES string of the molecule is C=CC(=O)OC(C)O.N=C=O.N=C=O. The van der Waals surface area contributed by atoms with E-state index >= 15 is 0 Å². The van der Waals surface area contributed by atoms with Crippen molar-refractivity contribution >= 4 is 18.1 Å². The van der Waals surface area contributed by atoms with Gasteiger partial charge in [0.1, 0.15) is 0 Å². The summed E-state index contributed by atoms with van der Waals surface area (Å²) in [6.07, 6.45) is 1.45. The van der Waals surface area contributed by atoms with Crippen molar-refractivity contribution in [2.75, 3.05) is 0 Å². The normalized spacial score (nSPS) is 8.14. The standard InChI is InChI=1S/C5H8O3.2CHNO/c1-3-5(7)8-4(2)6;2*2-1-3/h3-4,6H,1H2,2H3;2*2H. The van der Waals surface area contributed by atoms with Crippen molar-refractivity contribution in [1.29, 1.82) is 10.8 Å². The molecule has 78 valence electrons. The number of aliphatic hydroxyl groups excluding tert-OH is 1. The fraction of sp³-hybridized carbons (Fsp3) is 0.286. The number of aliphatic hydroxyl groups is 1. The van der Waals surface area contributed by atoms with Crippen LogP contribution in [0, 0.1) is 10.8 Å². The Morgan fingerprint density at radius 3 is 1.86 bits per heavy atom. The van der Waals surface area contributed by atoms with Crippen LogP contribution in [0.25, 0.3) is 0 Å². The van der Waals surface area contributed by atoms with E-state index in [2.05, 4.69) is 11.3 Å². The molecule has 0 saturated carbocycles. The van der Waals surface area contributed by atoms with Crippen LogP contribution in [0.1, 0.15) is 6.92 Å². The minimum absolute atomic E-state index is 0.611. The van der Waals surface area contributed by atoms with E-state index in [1.54, 1.807) is 0 Å². The van der Waals surface area contributed by atoms with E-state index in [0.29, 0.717) is 0 Å². The van der Waals surface area contributed by atoms with E-state index in [-0.39, 0.29) is 0 Å². The zero-order chi connectivity index (χ0) is 12.0. The minimum Gasteiger partial charge on any atom is -0.433 e. The second-order valence-electron chi connectivity index (χ2n) is 1.44. The molecule has 14 heavy (non-hydrogen) atoms. The largest absolute Gasteiger partial charge is 0.433 e. The average molecular weight is 202 g/mol. The molecule has 3 N–H and O–H groups in total. The molecule has 0 aromatic carbocycles. The highest BCUT2D eigenvalue weighted by Crippen LogP contribution is 1.84. The van der Waals surface area contributed by atoms with Gasteiger partial charge in [0.15, 0.2) is 6.29 Å². The van der Waals surface area contributed by atoms with Gasteiger partial charge in [-0.3, -0.25) is 0 Å². The van der Waals surface area contributed by atoms with Crippen LogP contribution >= 0.6 is 0 Å². The van der Waals surface area contributed by atoms with Gasteiger partial charge in [-0.25, -0.2) is 25.2 Å². The van der Waals surface area contributed by atoms with Gasteiger partial charge in [-0.2, -0.15) is 0 Å².